The van der Waals surface area contributed by atoms with Crippen LogP contribution in [0.1, 0.15) is 23.2 Å². The molecule has 1 unspecified atom stereocenters. The van der Waals surface area contributed by atoms with Gasteiger partial charge in [-0.2, -0.15) is 0 Å². The quantitative estimate of drug-likeness (QED) is 0.614. The van der Waals surface area contributed by atoms with Gasteiger partial charge in [0.05, 0.1) is 18.3 Å². The number of nitrogens with one attached hydrogen (secondary N) is 1. The van der Waals surface area contributed by atoms with Crippen molar-refractivity contribution in [3.63, 3.8) is 0 Å². The first-order valence-corrected chi connectivity index (χ1v) is 9.15. The zero-order valence-electron chi connectivity index (χ0n) is 13.4. The lowest BCUT2D eigenvalue weighted by Gasteiger charge is -2.31. The molecule has 0 aliphatic carbocycles. The molecular formula is C14H19N3O6S. The lowest BCUT2D eigenvalue weighted by Crippen LogP contribution is -2.49. The van der Waals surface area contributed by atoms with Gasteiger partial charge in [0.1, 0.15) is 11.3 Å². The fraction of sp³-hybridized carbons (Fsp3) is 0.500. The topological polar surface area (TPSA) is 119 Å². The van der Waals surface area contributed by atoms with Crippen molar-refractivity contribution in [1.29, 1.82) is 0 Å². The number of nitro benzene ring substituents is 1. The van der Waals surface area contributed by atoms with E-state index in [2.05, 4.69) is 5.32 Å². The van der Waals surface area contributed by atoms with Crippen LogP contribution in [0, 0.1) is 10.1 Å². The number of sulfonamides is 1. The summed E-state index contributed by atoms with van der Waals surface area (Å²) in [5, 5.41) is 13.8. The van der Waals surface area contributed by atoms with Gasteiger partial charge in [0.25, 0.3) is 11.6 Å². The Hall–Kier alpha value is -2.20. The second-order valence-electron chi connectivity index (χ2n) is 5.57. The molecule has 0 saturated carbocycles. The Kier molecular flexibility index (Phi) is 5.40. The van der Waals surface area contributed by atoms with Crippen LogP contribution >= 0.6 is 0 Å². The highest BCUT2D eigenvalue weighted by atomic mass is 32.2. The fourth-order valence-corrected chi connectivity index (χ4v) is 3.52. The lowest BCUT2D eigenvalue weighted by atomic mass is 10.1. The van der Waals surface area contributed by atoms with E-state index in [-0.39, 0.29) is 17.8 Å². The molecule has 1 fully saturated rings. The van der Waals surface area contributed by atoms with E-state index in [0.717, 1.165) is 6.26 Å². The van der Waals surface area contributed by atoms with Crippen LogP contribution in [0.3, 0.4) is 0 Å². The first-order chi connectivity index (χ1) is 11.2. The Morgan fingerprint density at radius 1 is 1.46 bits per heavy atom. The molecular weight excluding hydrogens is 338 g/mol. The number of amides is 1. The van der Waals surface area contributed by atoms with E-state index < -0.39 is 26.9 Å². The van der Waals surface area contributed by atoms with E-state index in [1.54, 1.807) is 0 Å². The highest BCUT2D eigenvalue weighted by Crippen LogP contribution is 2.24. The molecule has 1 amide bonds. The van der Waals surface area contributed by atoms with Crippen LogP contribution in [0.25, 0.3) is 0 Å². The zero-order chi connectivity index (χ0) is 17.9. The van der Waals surface area contributed by atoms with E-state index in [4.69, 9.17) is 4.74 Å². The van der Waals surface area contributed by atoms with Crippen molar-refractivity contribution in [3.8, 4) is 5.75 Å². The number of carbonyl (C=O) groups excluding carboxylic acids is 1. The van der Waals surface area contributed by atoms with E-state index >= 15 is 0 Å². The third-order valence-corrected chi connectivity index (χ3v) is 5.10. The third-order valence-electron chi connectivity index (χ3n) is 3.83. The van der Waals surface area contributed by atoms with Crippen molar-refractivity contribution < 1.29 is 22.9 Å². The largest absolute Gasteiger partial charge is 0.497 e. The molecule has 10 heteroatoms. The second-order valence-corrected chi connectivity index (χ2v) is 7.56. The van der Waals surface area contributed by atoms with Crippen molar-refractivity contribution in [2.24, 2.45) is 0 Å². The van der Waals surface area contributed by atoms with Crippen LogP contribution in [-0.4, -0.2) is 56.1 Å². The third kappa shape index (κ3) is 4.20. The Morgan fingerprint density at radius 3 is 2.75 bits per heavy atom. The van der Waals surface area contributed by atoms with Gasteiger partial charge < -0.3 is 10.1 Å². The molecule has 0 spiro atoms. The number of piperidine rings is 1. The number of benzene rings is 1. The van der Waals surface area contributed by atoms with Crippen LogP contribution in [0.5, 0.6) is 5.75 Å². The van der Waals surface area contributed by atoms with Crippen LogP contribution < -0.4 is 10.1 Å². The van der Waals surface area contributed by atoms with Gasteiger partial charge in [-0.1, -0.05) is 0 Å². The molecule has 1 aromatic rings. The molecule has 1 aliphatic heterocycles. The average molecular weight is 357 g/mol. The molecule has 2 rings (SSSR count). The molecule has 0 radical (unpaired) electrons. The molecule has 1 N–H and O–H groups in total. The number of hydrogen-bond donors (Lipinski definition) is 1. The van der Waals surface area contributed by atoms with Crippen molar-refractivity contribution in [3.05, 3.63) is 33.9 Å². The SMILES string of the molecule is COc1ccc([N+](=O)[O-])c(C(=O)NC2CCCN(S(C)(=O)=O)C2)c1. The Labute approximate surface area is 139 Å². The molecule has 9 nitrogen and oxygen atoms in total. The summed E-state index contributed by atoms with van der Waals surface area (Å²) in [5.41, 5.74) is -0.445. The van der Waals surface area contributed by atoms with Crippen LogP contribution in [0.15, 0.2) is 18.2 Å². The maximum atomic E-state index is 12.4. The maximum absolute atomic E-state index is 12.4. The molecule has 1 aliphatic rings. The number of hydrogen-bond acceptors (Lipinski definition) is 6. The smallest absolute Gasteiger partial charge is 0.282 e. The highest BCUT2D eigenvalue weighted by Gasteiger charge is 2.29. The van der Waals surface area contributed by atoms with Crippen LogP contribution in [0.2, 0.25) is 0 Å². The molecule has 1 aromatic carbocycles. The van der Waals surface area contributed by atoms with Crippen molar-refractivity contribution in [2.75, 3.05) is 26.5 Å². The molecule has 1 heterocycles. The van der Waals surface area contributed by atoms with Gasteiger partial charge in [0.2, 0.25) is 10.0 Å². The molecule has 0 bridgehead atoms. The van der Waals surface area contributed by atoms with E-state index in [1.807, 2.05) is 0 Å². The van der Waals surface area contributed by atoms with Gasteiger partial charge in [-0.3, -0.25) is 14.9 Å². The van der Waals surface area contributed by atoms with Crippen LogP contribution in [0.4, 0.5) is 5.69 Å². The summed E-state index contributed by atoms with van der Waals surface area (Å²) in [4.78, 5) is 22.9. The molecule has 1 saturated heterocycles. The minimum atomic E-state index is -3.34. The Bertz CT molecular complexity index is 749. The molecule has 0 aromatic heterocycles. The van der Waals surface area contributed by atoms with Crippen molar-refractivity contribution in [1.82, 2.24) is 9.62 Å². The van der Waals surface area contributed by atoms with Crippen LogP contribution in [-0.2, 0) is 10.0 Å². The predicted octanol–water partition coefficient (Wildman–Crippen LogP) is 0.757. The molecule has 1 atom stereocenters. The van der Waals surface area contributed by atoms with Crippen molar-refractivity contribution >= 4 is 21.6 Å². The second kappa shape index (κ2) is 7.14. The average Bonchev–Trinajstić information content (AvgIpc) is 2.53. The van der Waals surface area contributed by atoms with Gasteiger partial charge in [0.15, 0.2) is 0 Å². The fourth-order valence-electron chi connectivity index (χ4n) is 2.61. The minimum Gasteiger partial charge on any atom is -0.497 e. The Balaban J connectivity index is 2.19. The molecule has 132 valence electrons. The van der Waals surface area contributed by atoms with E-state index in [9.17, 15) is 23.3 Å². The maximum Gasteiger partial charge on any atom is 0.282 e. The zero-order valence-corrected chi connectivity index (χ0v) is 14.2. The Morgan fingerprint density at radius 2 is 2.17 bits per heavy atom. The summed E-state index contributed by atoms with van der Waals surface area (Å²) in [7, 11) is -1.94. The number of rotatable bonds is 5. The van der Waals surface area contributed by atoms with Gasteiger partial charge in [-0.15, -0.1) is 0 Å². The highest BCUT2D eigenvalue weighted by molar-refractivity contribution is 7.88. The first-order valence-electron chi connectivity index (χ1n) is 7.31. The van der Waals surface area contributed by atoms with E-state index in [1.165, 1.54) is 29.6 Å². The van der Waals surface area contributed by atoms with E-state index in [0.29, 0.717) is 25.1 Å². The molecule has 24 heavy (non-hydrogen) atoms. The van der Waals surface area contributed by atoms with Gasteiger partial charge >= 0.3 is 0 Å². The minimum absolute atomic E-state index is 0.115. The van der Waals surface area contributed by atoms with Crippen molar-refractivity contribution in [2.45, 2.75) is 18.9 Å². The summed E-state index contributed by atoms with van der Waals surface area (Å²) in [6.45, 7) is 0.562. The number of carbonyl (C=O) groups is 1. The summed E-state index contributed by atoms with van der Waals surface area (Å²) < 4.78 is 29.5. The predicted molar refractivity (Wildman–Crippen MR) is 86.6 cm³/mol. The number of methoxy groups -OCH3 is 1. The monoisotopic (exact) mass is 357 g/mol. The standard InChI is InChI=1S/C14H19N3O6S/c1-23-11-5-6-13(17(19)20)12(8-11)14(18)15-10-4-3-7-16(9-10)24(2,21)22/h5-6,8,10H,3-4,7,9H2,1-2H3,(H,15,18). The van der Waals surface area contributed by atoms with Gasteiger partial charge in [-0.25, -0.2) is 12.7 Å². The number of nitro groups is 1. The van der Waals surface area contributed by atoms with Gasteiger partial charge in [-0.05, 0) is 25.0 Å². The number of ether oxygens (including phenoxy) is 1. The van der Waals surface area contributed by atoms with Gasteiger partial charge in [0, 0.05) is 25.2 Å². The summed E-state index contributed by atoms with van der Waals surface area (Å²) in [5.74, 6) is -0.298. The normalized spacial score (nSPS) is 18.8. The summed E-state index contributed by atoms with van der Waals surface area (Å²) >= 11 is 0. The summed E-state index contributed by atoms with van der Waals surface area (Å²) in [6, 6.07) is 3.51. The summed E-state index contributed by atoms with van der Waals surface area (Å²) in [6.07, 6.45) is 2.33. The first kappa shape index (κ1) is 18.1. The lowest BCUT2D eigenvalue weighted by molar-refractivity contribution is -0.385. The number of nitrogens with zero attached hydrogens (tertiary/aromatic N) is 2.